The average Bonchev–Trinajstić information content (AvgIpc) is 2.47. The molecule has 0 atom stereocenters. The minimum absolute atomic E-state index is 0.105. The third kappa shape index (κ3) is 3.89. The fourth-order valence-corrected chi connectivity index (χ4v) is 1.87. The van der Waals surface area contributed by atoms with Crippen molar-refractivity contribution in [3.63, 3.8) is 0 Å². The molecule has 0 aliphatic heterocycles. The zero-order chi connectivity index (χ0) is 15.2. The fraction of sp³-hybridized carbons (Fsp3) is 0.188. The van der Waals surface area contributed by atoms with E-state index in [1.165, 1.54) is 30.5 Å². The molecule has 1 aromatic carbocycles. The molecule has 1 N–H and O–H groups in total. The van der Waals surface area contributed by atoms with Crippen molar-refractivity contribution < 1.29 is 19.4 Å². The van der Waals surface area contributed by atoms with Crippen molar-refractivity contribution in [3.05, 3.63) is 59.4 Å². The van der Waals surface area contributed by atoms with Gasteiger partial charge in [0.2, 0.25) is 0 Å². The van der Waals surface area contributed by atoms with E-state index in [9.17, 15) is 14.7 Å². The smallest absolute Gasteiger partial charge is 0.338 e. The number of hydrogen-bond acceptors (Lipinski definition) is 5. The zero-order valence-electron chi connectivity index (χ0n) is 11.6. The van der Waals surface area contributed by atoms with E-state index in [1.807, 2.05) is 0 Å². The number of carbonyl (C=O) groups excluding carboxylic acids is 2. The molecule has 0 radical (unpaired) electrons. The molecule has 0 amide bonds. The first-order chi connectivity index (χ1) is 10.1. The Balaban J connectivity index is 2.16. The van der Waals surface area contributed by atoms with Crippen molar-refractivity contribution in [3.8, 4) is 5.75 Å². The van der Waals surface area contributed by atoms with Gasteiger partial charge in [0.25, 0.3) is 0 Å². The Kier molecular flexibility index (Phi) is 4.66. The fourth-order valence-electron chi connectivity index (χ4n) is 1.87. The van der Waals surface area contributed by atoms with Crippen LogP contribution in [0.4, 0.5) is 0 Å². The van der Waals surface area contributed by atoms with Crippen LogP contribution < -0.4 is 0 Å². The SMILES string of the molecule is CCOC(=O)c1ccnc(C(=O)Cc2cccc(O)c2)c1. The molecule has 0 aliphatic rings. The van der Waals surface area contributed by atoms with E-state index in [0.29, 0.717) is 11.1 Å². The Bertz CT molecular complexity index is 667. The molecule has 0 bridgehead atoms. The number of benzene rings is 1. The summed E-state index contributed by atoms with van der Waals surface area (Å²) in [6, 6.07) is 9.39. The highest BCUT2D eigenvalue weighted by Crippen LogP contribution is 2.13. The monoisotopic (exact) mass is 285 g/mol. The second-order valence-corrected chi connectivity index (χ2v) is 4.42. The van der Waals surface area contributed by atoms with Crippen LogP contribution in [0.15, 0.2) is 42.6 Å². The molecule has 2 rings (SSSR count). The van der Waals surface area contributed by atoms with Gasteiger partial charge in [-0.3, -0.25) is 9.78 Å². The molecule has 5 nitrogen and oxygen atoms in total. The Morgan fingerprint density at radius 2 is 2.05 bits per heavy atom. The van der Waals surface area contributed by atoms with Gasteiger partial charge in [0, 0.05) is 12.6 Å². The molecule has 0 fully saturated rings. The molecule has 5 heteroatoms. The first-order valence-electron chi connectivity index (χ1n) is 6.54. The Hall–Kier alpha value is -2.69. The number of phenols is 1. The molecule has 0 saturated heterocycles. The predicted octanol–water partition coefficient (Wildman–Crippen LogP) is 2.39. The minimum Gasteiger partial charge on any atom is -0.508 e. The number of carbonyl (C=O) groups is 2. The van der Waals surface area contributed by atoms with E-state index in [1.54, 1.807) is 19.1 Å². The van der Waals surface area contributed by atoms with Crippen molar-refractivity contribution in [2.45, 2.75) is 13.3 Å². The van der Waals surface area contributed by atoms with Crippen molar-refractivity contribution >= 4 is 11.8 Å². The lowest BCUT2D eigenvalue weighted by Gasteiger charge is -2.04. The average molecular weight is 285 g/mol. The highest BCUT2D eigenvalue weighted by Gasteiger charge is 2.13. The molecule has 0 aliphatic carbocycles. The van der Waals surface area contributed by atoms with Gasteiger partial charge in [0.05, 0.1) is 12.2 Å². The first-order valence-corrected chi connectivity index (χ1v) is 6.54. The van der Waals surface area contributed by atoms with Crippen LogP contribution in [0.3, 0.4) is 0 Å². The second kappa shape index (κ2) is 6.65. The highest BCUT2D eigenvalue weighted by molar-refractivity contribution is 5.98. The highest BCUT2D eigenvalue weighted by atomic mass is 16.5. The topological polar surface area (TPSA) is 76.5 Å². The van der Waals surface area contributed by atoms with Gasteiger partial charge in [-0.2, -0.15) is 0 Å². The third-order valence-corrected chi connectivity index (χ3v) is 2.83. The lowest BCUT2D eigenvalue weighted by Crippen LogP contribution is -2.10. The molecule has 0 saturated carbocycles. The van der Waals surface area contributed by atoms with Crippen molar-refractivity contribution in [2.75, 3.05) is 6.61 Å². The summed E-state index contributed by atoms with van der Waals surface area (Å²) in [6.07, 6.45) is 1.51. The standard InChI is InChI=1S/C16H15NO4/c1-2-21-16(20)12-6-7-17-14(10-12)15(19)9-11-4-3-5-13(18)8-11/h3-8,10,18H,2,9H2,1H3. The second-order valence-electron chi connectivity index (χ2n) is 4.42. The van der Waals surface area contributed by atoms with E-state index in [-0.39, 0.29) is 30.3 Å². The number of nitrogens with zero attached hydrogens (tertiary/aromatic N) is 1. The van der Waals surface area contributed by atoms with Gasteiger partial charge in [0.15, 0.2) is 5.78 Å². The van der Waals surface area contributed by atoms with Crippen LogP contribution in [0.25, 0.3) is 0 Å². The van der Waals surface area contributed by atoms with Crippen LogP contribution in [-0.4, -0.2) is 28.4 Å². The maximum atomic E-state index is 12.2. The number of ether oxygens (including phenoxy) is 1. The minimum atomic E-state index is -0.480. The van der Waals surface area contributed by atoms with E-state index in [4.69, 9.17) is 4.74 Å². The van der Waals surface area contributed by atoms with Crippen molar-refractivity contribution in [1.29, 1.82) is 0 Å². The normalized spacial score (nSPS) is 10.1. The molecular formula is C16H15NO4. The molecule has 0 spiro atoms. The molecular weight excluding hydrogens is 270 g/mol. The van der Waals surface area contributed by atoms with E-state index in [0.717, 1.165) is 0 Å². The summed E-state index contributed by atoms with van der Waals surface area (Å²) < 4.78 is 4.89. The third-order valence-electron chi connectivity index (χ3n) is 2.83. The summed E-state index contributed by atoms with van der Waals surface area (Å²) in [6.45, 7) is 1.99. The maximum Gasteiger partial charge on any atom is 0.338 e. The largest absolute Gasteiger partial charge is 0.508 e. The van der Waals surface area contributed by atoms with E-state index in [2.05, 4.69) is 4.98 Å². The number of pyridine rings is 1. The van der Waals surface area contributed by atoms with Crippen LogP contribution in [-0.2, 0) is 11.2 Å². The molecule has 0 unspecified atom stereocenters. The van der Waals surface area contributed by atoms with Crippen molar-refractivity contribution in [2.24, 2.45) is 0 Å². The number of phenolic OH excluding ortho intramolecular Hbond substituents is 1. The van der Waals surface area contributed by atoms with Gasteiger partial charge < -0.3 is 9.84 Å². The van der Waals surface area contributed by atoms with Gasteiger partial charge >= 0.3 is 5.97 Å². The lowest BCUT2D eigenvalue weighted by molar-refractivity contribution is 0.0526. The summed E-state index contributed by atoms with van der Waals surface area (Å²) in [5.74, 6) is -0.605. The Labute approximate surface area is 122 Å². The number of esters is 1. The molecule has 1 aromatic heterocycles. The van der Waals surface area contributed by atoms with Crippen LogP contribution in [0.5, 0.6) is 5.75 Å². The first kappa shape index (κ1) is 14.7. The summed E-state index contributed by atoms with van der Waals surface area (Å²) in [4.78, 5) is 27.8. The van der Waals surface area contributed by atoms with Crippen LogP contribution in [0.2, 0.25) is 0 Å². The van der Waals surface area contributed by atoms with E-state index < -0.39 is 5.97 Å². The molecule has 2 aromatic rings. The van der Waals surface area contributed by atoms with E-state index >= 15 is 0 Å². The maximum absolute atomic E-state index is 12.2. The summed E-state index contributed by atoms with van der Waals surface area (Å²) in [7, 11) is 0. The number of rotatable bonds is 5. The van der Waals surface area contributed by atoms with Crippen LogP contribution >= 0.6 is 0 Å². The molecule has 21 heavy (non-hydrogen) atoms. The Morgan fingerprint density at radius 3 is 2.76 bits per heavy atom. The molecule has 1 heterocycles. The van der Waals surface area contributed by atoms with Gasteiger partial charge in [-0.25, -0.2) is 4.79 Å². The van der Waals surface area contributed by atoms with Gasteiger partial charge in [0.1, 0.15) is 11.4 Å². The lowest BCUT2D eigenvalue weighted by atomic mass is 10.1. The number of ketones is 1. The molecule has 108 valence electrons. The Morgan fingerprint density at radius 1 is 1.24 bits per heavy atom. The predicted molar refractivity (Wildman–Crippen MR) is 76.3 cm³/mol. The van der Waals surface area contributed by atoms with Gasteiger partial charge in [-0.1, -0.05) is 12.1 Å². The number of hydrogen-bond donors (Lipinski definition) is 1. The summed E-state index contributed by atoms with van der Waals surface area (Å²) in [5.41, 5.74) is 1.18. The summed E-state index contributed by atoms with van der Waals surface area (Å²) in [5, 5.41) is 9.38. The number of aromatic nitrogens is 1. The van der Waals surface area contributed by atoms with Crippen LogP contribution in [0.1, 0.15) is 33.3 Å². The zero-order valence-corrected chi connectivity index (χ0v) is 11.6. The number of Topliss-reactive ketones (excluding diaryl/α,β-unsaturated/α-hetero) is 1. The van der Waals surface area contributed by atoms with Crippen LogP contribution in [0, 0.1) is 0 Å². The van der Waals surface area contributed by atoms with Gasteiger partial charge in [-0.15, -0.1) is 0 Å². The van der Waals surface area contributed by atoms with Crippen molar-refractivity contribution in [1.82, 2.24) is 4.98 Å². The number of aromatic hydroxyl groups is 1. The quantitative estimate of drug-likeness (QED) is 0.674. The van der Waals surface area contributed by atoms with Gasteiger partial charge in [-0.05, 0) is 36.8 Å². The summed E-state index contributed by atoms with van der Waals surface area (Å²) >= 11 is 0.